The van der Waals surface area contributed by atoms with E-state index in [1.54, 1.807) is 12.4 Å². The summed E-state index contributed by atoms with van der Waals surface area (Å²) in [6, 6.07) is 16.1. The number of hydrogen-bond acceptors (Lipinski definition) is 5. The number of nitrogens with zero attached hydrogens (tertiary/aromatic N) is 7. The lowest BCUT2D eigenvalue weighted by molar-refractivity contribution is 0.627. The van der Waals surface area contributed by atoms with E-state index in [1.165, 1.54) is 6.42 Å². The fourth-order valence-corrected chi connectivity index (χ4v) is 3.93. The minimum absolute atomic E-state index is 0.489. The summed E-state index contributed by atoms with van der Waals surface area (Å²) in [6.45, 7) is 0.844. The molecule has 0 aliphatic carbocycles. The number of allylic oxidation sites excluding steroid dienone is 1. The zero-order valence-electron chi connectivity index (χ0n) is 17.0. The lowest BCUT2D eigenvalue weighted by Crippen LogP contribution is -2.05. The highest BCUT2D eigenvalue weighted by molar-refractivity contribution is 5.90. The Hall–Kier alpha value is -4.05. The highest BCUT2D eigenvalue weighted by atomic mass is 15.3. The molecule has 0 saturated carbocycles. The number of pyridine rings is 1. The van der Waals surface area contributed by atoms with Crippen LogP contribution in [0.4, 0.5) is 0 Å². The first-order chi connectivity index (χ1) is 15.3. The Morgan fingerprint density at radius 2 is 1.84 bits per heavy atom. The summed E-state index contributed by atoms with van der Waals surface area (Å²) in [5.41, 5.74) is 4.01. The zero-order chi connectivity index (χ0) is 21.0. The number of para-hydroxylation sites is 1. The quantitative estimate of drug-likeness (QED) is 0.471. The molecule has 1 aromatic carbocycles. The van der Waals surface area contributed by atoms with Gasteiger partial charge in [-0.2, -0.15) is 10.4 Å². The third-order valence-electron chi connectivity index (χ3n) is 5.49. The Kier molecular flexibility index (Phi) is 5.11. The molecule has 152 valence electrons. The van der Waals surface area contributed by atoms with Gasteiger partial charge in [0.1, 0.15) is 17.6 Å². The lowest BCUT2D eigenvalue weighted by Gasteiger charge is -2.06. The third-order valence-corrected chi connectivity index (χ3v) is 5.49. The minimum Gasteiger partial charge on any atom is -0.310 e. The maximum absolute atomic E-state index is 9.98. The predicted octanol–water partition coefficient (Wildman–Crippen LogP) is 4.32. The molecule has 0 amide bonds. The van der Waals surface area contributed by atoms with Crippen molar-refractivity contribution in [2.75, 3.05) is 0 Å². The fourth-order valence-electron chi connectivity index (χ4n) is 3.93. The van der Waals surface area contributed by atoms with Gasteiger partial charge in [0.25, 0.3) is 0 Å². The molecule has 5 rings (SSSR count). The predicted molar refractivity (Wildman–Crippen MR) is 118 cm³/mol. The molecule has 1 aliphatic heterocycles. The topological polar surface area (TPSA) is 85.2 Å². The molecule has 0 fully saturated rings. The SMILES string of the molecule is N#C/C(=C\c1cn(-c2ccccc2)nc1-c1ccncc1)c1nnc2n1CCCCC2. The van der Waals surface area contributed by atoms with Crippen LogP contribution in [0.2, 0.25) is 0 Å². The molecule has 31 heavy (non-hydrogen) atoms. The van der Waals surface area contributed by atoms with Crippen LogP contribution in [0.15, 0.2) is 61.1 Å². The average molecular weight is 407 g/mol. The van der Waals surface area contributed by atoms with Gasteiger partial charge in [-0.25, -0.2) is 4.68 Å². The van der Waals surface area contributed by atoms with Crippen LogP contribution in [0.3, 0.4) is 0 Å². The van der Waals surface area contributed by atoms with Crippen LogP contribution in [0.5, 0.6) is 0 Å². The van der Waals surface area contributed by atoms with Crippen LogP contribution in [-0.2, 0) is 13.0 Å². The number of fused-ring (bicyclic) bond motifs is 1. The second kappa shape index (κ2) is 8.36. The molecular weight excluding hydrogens is 386 g/mol. The van der Waals surface area contributed by atoms with Gasteiger partial charge in [0.15, 0.2) is 5.82 Å². The van der Waals surface area contributed by atoms with Crippen LogP contribution in [0.25, 0.3) is 28.6 Å². The summed E-state index contributed by atoms with van der Waals surface area (Å²) in [5.74, 6) is 1.59. The van der Waals surface area contributed by atoms with Crippen LogP contribution in [-0.4, -0.2) is 29.5 Å². The normalized spacial score (nSPS) is 14.0. The van der Waals surface area contributed by atoms with Crippen molar-refractivity contribution in [3.8, 4) is 23.0 Å². The van der Waals surface area contributed by atoms with Crippen molar-refractivity contribution in [1.82, 2.24) is 29.5 Å². The van der Waals surface area contributed by atoms with Gasteiger partial charge in [0.2, 0.25) is 0 Å². The van der Waals surface area contributed by atoms with E-state index in [0.29, 0.717) is 11.4 Å². The molecule has 7 nitrogen and oxygen atoms in total. The Labute approximate surface area is 180 Å². The van der Waals surface area contributed by atoms with Crippen molar-refractivity contribution in [2.45, 2.75) is 32.2 Å². The van der Waals surface area contributed by atoms with Gasteiger partial charge < -0.3 is 4.57 Å². The molecule has 1 aliphatic rings. The first-order valence-corrected chi connectivity index (χ1v) is 10.4. The standard InChI is InChI=1S/C24H21N7/c25-16-19(24-28-27-22-9-5-2-6-14-30(22)24)15-20-17-31(21-7-3-1-4-8-21)29-23(20)18-10-12-26-13-11-18/h1,3-4,7-8,10-13,15,17H,2,5-6,9,14H2/b19-15+. The van der Waals surface area contributed by atoms with Gasteiger partial charge in [-0.3, -0.25) is 4.98 Å². The molecule has 0 spiro atoms. The van der Waals surface area contributed by atoms with E-state index >= 15 is 0 Å². The summed E-state index contributed by atoms with van der Waals surface area (Å²) in [5, 5.41) is 23.5. The van der Waals surface area contributed by atoms with E-state index < -0.39 is 0 Å². The molecule has 0 N–H and O–H groups in total. The summed E-state index contributed by atoms with van der Waals surface area (Å²) < 4.78 is 3.93. The molecule has 3 aromatic heterocycles. The second-order valence-electron chi connectivity index (χ2n) is 7.52. The van der Waals surface area contributed by atoms with Crippen LogP contribution in [0.1, 0.15) is 36.5 Å². The second-order valence-corrected chi connectivity index (χ2v) is 7.52. The lowest BCUT2D eigenvalue weighted by atomic mass is 10.1. The van der Waals surface area contributed by atoms with Gasteiger partial charge in [-0.15, -0.1) is 10.2 Å². The van der Waals surface area contributed by atoms with Crippen molar-refractivity contribution in [3.05, 3.63) is 78.3 Å². The Morgan fingerprint density at radius 1 is 1.00 bits per heavy atom. The molecule has 0 saturated heterocycles. The van der Waals surface area contributed by atoms with Crippen molar-refractivity contribution >= 4 is 11.6 Å². The van der Waals surface area contributed by atoms with Crippen LogP contribution in [0, 0.1) is 11.3 Å². The fraction of sp³-hybridized carbons (Fsp3) is 0.208. The maximum Gasteiger partial charge on any atom is 0.174 e. The molecule has 0 radical (unpaired) electrons. The van der Waals surface area contributed by atoms with E-state index in [0.717, 1.165) is 54.1 Å². The van der Waals surface area contributed by atoms with E-state index in [4.69, 9.17) is 5.10 Å². The number of hydrogen-bond donors (Lipinski definition) is 0. The summed E-state index contributed by atoms with van der Waals surface area (Å²) in [4.78, 5) is 4.12. The number of aryl methyl sites for hydroxylation is 1. The van der Waals surface area contributed by atoms with Gasteiger partial charge >= 0.3 is 0 Å². The van der Waals surface area contributed by atoms with Gasteiger partial charge in [-0.1, -0.05) is 24.6 Å². The number of aromatic nitrogens is 6. The largest absolute Gasteiger partial charge is 0.310 e. The number of rotatable bonds is 4. The van der Waals surface area contributed by atoms with Gasteiger partial charge in [0, 0.05) is 42.7 Å². The molecule has 0 atom stereocenters. The Balaban J connectivity index is 1.63. The van der Waals surface area contributed by atoms with Gasteiger partial charge in [-0.05, 0) is 43.2 Å². The summed E-state index contributed by atoms with van der Waals surface area (Å²) in [6.07, 6.45) is 11.6. The van der Waals surface area contributed by atoms with Crippen LogP contribution >= 0.6 is 0 Å². The number of nitriles is 1. The Bertz CT molecular complexity index is 1260. The summed E-state index contributed by atoms with van der Waals surface area (Å²) in [7, 11) is 0. The average Bonchev–Trinajstić information content (AvgIpc) is 3.35. The molecule has 0 unspecified atom stereocenters. The monoisotopic (exact) mass is 407 g/mol. The molecule has 4 aromatic rings. The minimum atomic E-state index is 0.489. The maximum atomic E-state index is 9.98. The van der Waals surface area contributed by atoms with Crippen molar-refractivity contribution in [3.63, 3.8) is 0 Å². The smallest absolute Gasteiger partial charge is 0.174 e. The highest BCUT2D eigenvalue weighted by Gasteiger charge is 2.19. The van der Waals surface area contributed by atoms with Crippen molar-refractivity contribution in [1.29, 1.82) is 5.26 Å². The first kappa shape index (κ1) is 18.9. The molecule has 7 heteroatoms. The van der Waals surface area contributed by atoms with Crippen molar-refractivity contribution in [2.24, 2.45) is 0 Å². The number of benzene rings is 1. The van der Waals surface area contributed by atoms with E-state index in [1.807, 2.05) is 59.4 Å². The molecule has 4 heterocycles. The Morgan fingerprint density at radius 3 is 2.65 bits per heavy atom. The van der Waals surface area contributed by atoms with E-state index in [9.17, 15) is 5.26 Å². The molecular formula is C24H21N7. The summed E-state index contributed by atoms with van der Waals surface area (Å²) >= 11 is 0. The molecule has 0 bridgehead atoms. The van der Waals surface area contributed by atoms with E-state index in [-0.39, 0.29) is 0 Å². The van der Waals surface area contributed by atoms with Gasteiger partial charge in [0.05, 0.1) is 11.3 Å². The zero-order valence-corrected chi connectivity index (χ0v) is 17.0. The van der Waals surface area contributed by atoms with Crippen LogP contribution < -0.4 is 0 Å². The third kappa shape index (κ3) is 3.76. The van der Waals surface area contributed by atoms with E-state index in [2.05, 4.69) is 25.8 Å². The van der Waals surface area contributed by atoms with Crippen molar-refractivity contribution < 1.29 is 0 Å². The highest BCUT2D eigenvalue weighted by Crippen LogP contribution is 2.28. The first-order valence-electron chi connectivity index (χ1n) is 10.4.